The second-order valence-corrected chi connectivity index (χ2v) is 6.87. The molecule has 0 spiro atoms. The summed E-state index contributed by atoms with van der Waals surface area (Å²) in [5.74, 6) is -1.27. The predicted molar refractivity (Wildman–Crippen MR) is 98.9 cm³/mol. The lowest BCUT2D eigenvalue weighted by molar-refractivity contribution is -0.190. The maximum atomic E-state index is 12.8. The molecule has 0 saturated heterocycles. The number of esters is 2. The van der Waals surface area contributed by atoms with E-state index in [0.717, 1.165) is 11.1 Å². The van der Waals surface area contributed by atoms with Gasteiger partial charge in [-0.1, -0.05) is 24.3 Å². The molecule has 0 amide bonds. The van der Waals surface area contributed by atoms with E-state index in [0.29, 0.717) is 32.3 Å². The zero-order chi connectivity index (χ0) is 19.2. The minimum Gasteiger partial charge on any atom is -0.463 e. The maximum Gasteiger partial charge on any atom is 0.350 e. The lowest BCUT2D eigenvalue weighted by atomic mass is 9.82. The highest BCUT2D eigenvalue weighted by Crippen LogP contribution is 2.36. The fourth-order valence-corrected chi connectivity index (χ4v) is 3.55. The van der Waals surface area contributed by atoms with Crippen LogP contribution in [-0.2, 0) is 23.8 Å². The summed E-state index contributed by atoms with van der Waals surface area (Å²) in [6.07, 6.45) is 2.33. The van der Waals surface area contributed by atoms with Crippen molar-refractivity contribution in [2.75, 3.05) is 13.2 Å². The van der Waals surface area contributed by atoms with Gasteiger partial charge < -0.3 is 14.2 Å². The Balaban J connectivity index is 2.15. The highest BCUT2D eigenvalue weighted by molar-refractivity contribution is 5.86. The molecule has 5 nitrogen and oxygen atoms in total. The lowest BCUT2D eigenvalue weighted by Crippen LogP contribution is -2.49. The molecule has 1 saturated carbocycles. The Morgan fingerprint density at radius 1 is 1.15 bits per heavy atom. The minimum absolute atomic E-state index is 0.107. The standard InChI is InChI=1S/C21H30O5/c1-5-24-17-11-13-21(14-12-17,20(23)25-6-2)26-19(22)16(4)18-10-8-7-9-15(18)3/h7-10,16-17H,5-6,11-14H2,1-4H3. The number of rotatable bonds is 7. The topological polar surface area (TPSA) is 61.8 Å². The molecule has 1 unspecified atom stereocenters. The first kappa shape index (κ1) is 20.4. The van der Waals surface area contributed by atoms with Gasteiger partial charge in [0.1, 0.15) is 0 Å². The predicted octanol–water partition coefficient (Wildman–Crippen LogP) is 3.92. The van der Waals surface area contributed by atoms with Crippen LogP contribution in [0.4, 0.5) is 0 Å². The van der Waals surface area contributed by atoms with E-state index in [-0.39, 0.29) is 18.7 Å². The van der Waals surface area contributed by atoms with E-state index in [1.54, 1.807) is 6.92 Å². The second-order valence-electron chi connectivity index (χ2n) is 6.87. The van der Waals surface area contributed by atoms with E-state index >= 15 is 0 Å². The molecule has 2 rings (SSSR count). The minimum atomic E-state index is -1.20. The van der Waals surface area contributed by atoms with Crippen LogP contribution in [0.1, 0.15) is 63.5 Å². The third kappa shape index (κ3) is 4.64. The molecule has 0 aromatic heterocycles. The summed E-state index contributed by atoms with van der Waals surface area (Å²) < 4.78 is 16.7. The summed E-state index contributed by atoms with van der Waals surface area (Å²) in [4.78, 5) is 25.4. The molecule has 1 aliphatic carbocycles. The van der Waals surface area contributed by atoms with Crippen molar-refractivity contribution >= 4 is 11.9 Å². The number of hydrogen-bond acceptors (Lipinski definition) is 5. The van der Waals surface area contributed by atoms with Crippen LogP contribution in [0.5, 0.6) is 0 Å². The van der Waals surface area contributed by atoms with Crippen LogP contribution in [-0.4, -0.2) is 36.9 Å². The smallest absolute Gasteiger partial charge is 0.350 e. The van der Waals surface area contributed by atoms with Gasteiger partial charge in [0.05, 0.1) is 18.6 Å². The molecular weight excluding hydrogens is 332 g/mol. The van der Waals surface area contributed by atoms with Gasteiger partial charge in [0.15, 0.2) is 0 Å². The van der Waals surface area contributed by atoms with Crippen molar-refractivity contribution in [3.05, 3.63) is 35.4 Å². The Kier molecular flexibility index (Phi) is 7.21. The lowest BCUT2D eigenvalue weighted by Gasteiger charge is -2.37. The third-order valence-electron chi connectivity index (χ3n) is 5.09. The highest BCUT2D eigenvalue weighted by Gasteiger charge is 2.47. The quantitative estimate of drug-likeness (QED) is 0.688. The van der Waals surface area contributed by atoms with Crippen molar-refractivity contribution in [1.29, 1.82) is 0 Å². The van der Waals surface area contributed by atoms with Gasteiger partial charge in [-0.2, -0.15) is 0 Å². The van der Waals surface area contributed by atoms with Crippen molar-refractivity contribution in [1.82, 2.24) is 0 Å². The molecule has 5 heteroatoms. The summed E-state index contributed by atoms with van der Waals surface area (Å²) in [5, 5.41) is 0. The van der Waals surface area contributed by atoms with Crippen LogP contribution in [0.2, 0.25) is 0 Å². The van der Waals surface area contributed by atoms with Gasteiger partial charge in [-0.15, -0.1) is 0 Å². The normalized spacial score (nSPS) is 23.9. The van der Waals surface area contributed by atoms with Crippen LogP contribution in [0.25, 0.3) is 0 Å². The molecule has 0 bridgehead atoms. The third-order valence-corrected chi connectivity index (χ3v) is 5.09. The zero-order valence-corrected chi connectivity index (χ0v) is 16.2. The molecule has 1 fully saturated rings. The Hall–Kier alpha value is -1.88. The molecule has 1 atom stereocenters. The number of carbonyl (C=O) groups is 2. The Morgan fingerprint density at radius 2 is 1.81 bits per heavy atom. The van der Waals surface area contributed by atoms with Crippen LogP contribution < -0.4 is 0 Å². The summed E-state index contributed by atoms with van der Waals surface area (Å²) in [7, 11) is 0. The van der Waals surface area contributed by atoms with E-state index in [4.69, 9.17) is 14.2 Å². The van der Waals surface area contributed by atoms with Gasteiger partial charge in [-0.05, 0) is 51.7 Å². The number of ether oxygens (including phenoxy) is 3. The van der Waals surface area contributed by atoms with Crippen LogP contribution in [0.3, 0.4) is 0 Å². The van der Waals surface area contributed by atoms with Crippen molar-refractivity contribution in [2.45, 2.75) is 71.0 Å². The van der Waals surface area contributed by atoms with Gasteiger partial charge in [-0.25, -0.2) is 4.79 Å². The summed E-state index contributed by atoms with van der Waals surface area (Å²) >= 11 is 0. The first-order valence-electron chi connectivity index (χ1n) is 9.50. The SMILES string of the molecule is CCOC(=O)C1(OC(=O)C(C)c2ccccc2C)CCC(OCC)CC1. The number of benzene rings is 1. The monoisotopic (exact) mass is 362 g/mol. The average molecular weight is 362 g/mol. The molecule has 1 aromatic carbocycles. The molecular formula is C21H30O5. The van der Waals surface area contributed by atoms with E-state index in [9.17, 15) is 9.59 Å². The van der Waals surface area contributed by atoms with E-state index in [1.807, 2.05) is 45.0 Å². The molecule has 0 aliphatic heterocycles. The molecule has 0 N–H and O–H groups in total. The molecule has 0 radical (unpaired) electrons. The van der Waals surface area contributed by atoms with E-state index in [1.165, 1.54) is 0 Å². The van der Waals surface area contributed by atoms with Crippen molar-refractivity contribution in [2.24, 2.45) is 0 Å². The van der Waals surface area contributed by atoms with Gasteiger partial charge >= 0.3 is 11.9 Å². The van der Waals surface area contributed by atoms with Gasteiger partial charge in [0.25, 0.3) is 0 Å². The zero-order valence-electron chi connectivity index (χ0n) is 16.2. The van der Waals surface area contributed by atoms with Gasteiger partial charge in [0, 0.05) is 19.4 Å². The average Bonchev–Trinajstić information content (AvgIpc) is 2.63. The van der Waals surface area contributed by atoms with Crippen LogP contribution in [0, 0.1) is 6.92 Å². The summed E-state index contributed by atoms with van der Waals surface area (Å²) in [6.45, 7) is 8.40. The summed E-state index contributed by atoms with van der Waals surface area (Å²) in [6, 6.07) is 7.73. The van der Waals surface area contributed by atoms with Crippen LogP contribution in [0.15, 0.2) is 24.3 Å². The van der Waals surface area contributed by atoms with Crippen molar-refractivity contribution in [3.8, 4) is 0 Å². The second kappa shape index (κ2) is 9.17. The number of aryl methyl sites for hydroxylation is 1. The first-order valence-corrected chi connectivity index (χ1v) is 9.50. The molecule has 0 heterocycles. The van der Waals surface area contributed by atoms with E-state index in [2.05, 4.69) is 0 Å². The highest BCUT2D eigenvalue weighted by atomic mass is 16.6. The van der Waals surface area contributed by atoms with Gasteiger partial charge in [-0.3, -0.25) is 4.79 Å². The fraction of sp³-hybridized carbons (Fsp3) is 0.619. The number of hydrogen-bond donors (Lipinski definition) is 0. The molecule has 26 heavy (non-hydrogen) atoms. The van der Waals surface area contributed by atoms with E-state index < -0.39 is 17.5 Å². The Morgan fingerprint density at radius 3 is 2.38 bits per heavy atom. The fourth-order valence-electron chi connectivity index (χ4n) is 3.55. The Bertz CT molecular complexity index is 617. The molecule has 1 aromatic rings. The first-order chi connectivity index (χ1) is 12.4. The Labute approximate surface area is 156 Å². The van der Waals surface area contributed by atoms with Crippen molar-refractivity contribution in [3.63, 3.8) is 0 Å². The molecule has 144 valence electrons. The van der Waals surface area contributed by atoms with Crippen LogP contribution >= 0.6 is 0 Å². The van der Waals surface area contributed by atoms with Crippen molar-refractivity contribution < 1.29 is 23.8 Å². The molecule has 1 aliphatic rings. The maximum absolute atomic E-state index is 12.8. The largest absolute Gasteiger partial charge is 0.463 e. The number of carbonyl (C=O) groups excluding carboxylic acids is 2. The summed E-state index contributed by atoms with van der Waals surface area (Å²) in [5.41, 5.74) is 0.749. The van der Waals surface area contributed by atoms with Gasteiger partial charge in [0.2, 0.25) is 5.60 Å².